The average molecular weight is 217 g/mol. The van der Waals surface area contributed by atoms with E-state index in [-0.39, 0.29) is 0 Å². The number of nitrogens with zero attached hydrogens (tertiary/aromatic N) is 1. The Morgan fingerprint density at radius 3 is 3.00 bits per heavy atom. The van der Waals surface area contributed by atoms with Gasteiger partial charge in [-0.15, -0.1) is 0 Å². The molecule has 0 saturated heterocycles. The molecule has 2 rings (SSSR count). The summed E-state index contributed by atoms with van der Waals surface area (Å²) < 4.78 is 0. The van der Waals surface area contributed by atoms with E-state index < -0.39 is 0 Å². The summed E-state index contributed by atoms with van der Waals surface area (Å²) >= 11 is 0. The van der Waals surface area contributed by atoms with Gasteiger partial charge in [0.2, 0.25) is 0 Å². The summed E-state index contributed by atoms with van der Waals surface area (Å²) in [5.41, 5.74) is 9.16. The molecule has 1 heterocycles. The lowest BCUT2D eigenvalue weighted by Gasteiger charge is -2.07. The Morgan fingerprint density at radius 1 is 1.44 bits per heavy atom. The van der Waals surface area contributed by atoms with E-state index in [2.05, 4.69) is 35.1 Å². The maximum Gasteiger partial charge on any atom is 0.104 e. The van der Waals surface area contributed by atoms with Crippen LogP contribution in [0.2, 0.25) is 0 Å². The molecular formula is C13H19N3. The van der Waals surface area contributed by atoms with Crippen LogP contribution < -0.4 is 5.73 Å². The van der Waals surface area contributed by atoms with Crippen molar-refractivity contribution in [1.29, 1.82) is 0 Å². The first-order valence-electron chi connectivity index (χ1n) is 5.84. The summed E-state index contributed by atoms with van der Waals surface area (Å²) in [6, 6.07) is 6.44. The van der Waals surface area contributed by atoms with Crippen molar-refractivity contribution in [1.82, 2.24) is 9.97 Å². The third-order valence-corrected chi connectivity index (χ3v) is 2.99. The van der Waals surface area contributed by atoms with E-state index in [9.17, 15) is 0 Å². The Labute approximate surface area is 96.1 Å². The predicted molar refractivity (Wildman–Crippen MR) is 67.4 cm³/mol. The predicted octanol–water partition coefficient (Wildman–Crippen LogP) is 2.40. The van der Waals surface area contributed by atoms with Crippen molar-refractivity contribution in [2.75, 3.05) is 6.54 Å². The zero-order valence-electron chi connectivity index (χ0n) is 9.96. The van der Waals surface area contributed by atoms with E-state index in [0.717, 1.165) is 36.2 Å². The monoisotopic (exact) mass is 217 g/mol. The minimum atomic E-state index is 0.596. The van der Waals surface area contributed by atoms with Crippen LogP contribution in [0.15, 0.2) is 18.2 Å². The van der Waals surface area contributed by atoms with Crippen LogP contribution in [-0.4, -0.2) is 16.5 Å². The molecule has 0 amide bonds. The topological polar surface area (TPSA) is 54.7 Å². The molecule has 86 valence electrons. The lowest BCUT2D eigenvalue weighted by atomic mass is 10.0. The molecular weight excluding hydrogens is 198 g/mol. The average Bonchev–Trinajstić information content (AvgIpc) is 2.65. The van der Waals surface area contributed by atoms with Crippen molar-refractivity contribution < 1.29 is 0 Å². The summed E-state index contributed by atoms with van der Waals surface area (Å²) in [6.45, 7) is 4.94. The van der Waals surface area contributed by atoms with Crippen LogP contribution in [0.1, 0.15) is 24.7 Å². The largest absolute Gasteiger partial charge is 0.342 e. The first kappa shape index (κ1) is 11.1. The number of benzene rings is 1. The van der Waals surface area contributed by atoms with Crippen molar-refractivity contribution in [2.24, 2.45) is 11.7 Å². The molecule has 0 aliphatic rings. The molecule has 0 aliphatic carbocycles. The molecule has 1 unspecified atom stereocenters. The number of imidazole rings is 1. The number of H-pyrrole nitrogens is 1. The molecule has 3 N–H and O–H groups in total. The first-order valence-corrected chi connectivity index (χ1v) is 5.84. The summed E-state index contributed by atoms with van der Waals surface area (Å²) in [6.07, 6.45) is 2.24. The number of nitrogens with one attached hydrogen (secondary N) is 1. The van der Waals surface area contributed by atoms with Gasteiger partial charge >= 0.3 is 0 Å². The van der Waals surface area contributed by atoms with Gasteiger partial charge in [-0.2, -0.15) is 0 Å². The fourth-order valence-electron chi connectivity index (χ4n) is 1.87. The molecule has 2 aromatic rings. The molecule has 0 saturated carbocycles. The second kappa shape index (κ2) is 4.66. The first-order chi connectivity index (χ1) is 7.69. The van der Waals surface area contributed by atoms with Crippen molar-refractivity contribution >= 4 is 11.0 Å². The summed E-state index contributed by atoms with van der Waals surface area (Å²) in [5.74, 6) is 1.57. The Balaban J connectivity index is 2.13. The van der Waals surface area contributed by atoms with Gasteiger partial charge in [0.25, 0.3) is 0 Å². The number of aromatic amines is 1. The van der Waals surface area contributed by atoms with Crippen LogP contribution in [0, 0.1) is 12.8 Å². The highest BCUT2D eigenvalue weighted by Gasteiger charge is 2.03. The molecule has 0 spiro atoms. The highest BCUT2D eigenvalue weighted by molar-refractivity contribution is 5.75. The SMILES string of the molecule is Cc1nc2ccc(CCC(C)CN)cc2[nH]1. The number of nitrogens with two attached hydrogens (primary N) is 1. The zero-order valence-corrected chi connectivity index (χ0v) is 9.96. The Hall–Kier alpha value is -1.35. The van der Waals surface area contributed by atoms with Gasteiger partial charge in [0, 0.05) is 0 Å². The van der Waals surface area contributed by atoms with E-state index in [1.807, 2.05) is 6.92 Å². The lowest BCUT2D eigenvalue weighted by Crippen LogP contribution is -2.11. The van der Waals surface area contributed by atoms with Crippen LogP contribution in [0.25, 0.3) is 11.0 Å². The van der Waals surface area contributed by atoms with E-state index >= 15 is 0 Å². The fourth-order valence-corrected chi connectivity index (χ4v) is 1.87. The van der Waals surface area contributed by atoms with E-state index in [0.29, 0.717) is 5.92 Å². The molecule has 3 heteroatoms. The van der Waals surface area contributed by atoms with E-state index in [1.54, 1.807) is 0 Å². The Bertz CT molecular complexity index is 473. The minimum Gasteiger partial charge on any atom is -0.342 e. The van der Waals surface area contributed by atoms with Crippen LogP contribution in [0.3, 0.4) is 0 Å². The van der Waals surface area contributed by atoms with E-state index in [4.69, 9.17) is 5.73 Å². The lowest BCUT2D eigenvalue weighted by molar-refractivity contribution is 0.545. The number of fused-ring (bicyclic) bond motifs is 1. The maximum absolute atomic E-state index is 5.61. The summed E-state index contributed by atoms with van der Waals surface area (Å²) in [7, 11) is 0. The van der Waals surface area contributed by atoms with Gasteiger partial charge in [-0.05, 0) is 49.9 Å². The zero-order chi connectivity index (χ0) is 11.5. The van der Waals surface area contributed by atoms with E-state index in [1.165, 1.54) is 5.56 Å². The van der Waals surface area contributed by atoms with Crippen molar-refractivity contribution in [2.45, 2.75) is 26.7 Å². The van der Waals surface area contributed by atoms with Crippen LogP contribution in [-0.2, 0) is 6.42 Å². The quantitative estimate of drug-likeness (QED) is 0.826. The van der Waals surface area contributed by atoms with Gasteiger partial charge in [0.15, 0.2) is 0 Å². The molecule has 0 aliphatic heterocycles. The van der Waals surface area contributed by atoms with Gasteiger partial charge in [-0.25, -0.2) is 4.98 Å². The second-order valence-electron chi connectivity index (χ2n) is 4.55. The van der Waals surface area contributed by atoms with Crippen LogP contribution >= 0.6 is 0 Å². The molecule has 0 bridgehead atoms. The standard InChI is InChI=1S/C13H19N3/c1-9(8-14)3-4-11-5-6-12-13(7-11)16-10(2)15-12/h5-7,9H,3-4,8,14H2,1-2H3,(H,15,16). The number of hydrogen-bond donors (Lipinski definition) is 2. The number of aromatic nitrogens is 2. The molecule has 1 atom stereocenters. The minimum absolute atomic E-state index is 0.596. The van der Waals surface area contributed by atoms with Gasteiger partial charge in [0.1, 0.15) is 5.82 Å². The second-order valence-corrected chi connectivity index (χ2v) is 4.55. The highest BCUT2D eigenvalue weighted by atomic mass is 14.9. The molecule has 1 aromatic heterocycles. The van der Waals surface area contributed by atoms with Crippen LogP contribution in [0.4, 0.5) is 0 Å². The molecule has 16 heavy (non-hydrogen) atoms. The smallest absolute Gasteiger partial charge is 0.104 e. The third-order valence-electron chi connectivity index (χ3n) is 2.99. The van der Waals surface area contributed by atoms with Gasteiger partial charge in [0.05, 0.1) is 11.0 Å². The van der Waals surface area contributed by atoms with Crippen LogP contribution in [0.5, 0.6) is 0 Å². The van der Waals surface area contributed by atoms with Gasteiger partial charge in [-0.3, -0.25) is 0 Å². The number of aryl methyl sites for hydroxylation is 2. The number of hydrogen-bond acceptors (Lipinski definition) is 2. The maximum atomic E-state index is 5.61. The van der Waals surface area contributed by atoms with Crippen molar-refractivity contribution in [3.63, 3.8) is 0 Å². The normalized spacial score (nSPS) is 13.2. The molecule has 1 aromatic carbocycles. The van der Waals surface area contributed by atoms with Crippen molar-refractivity contribution in [3.05, 3.63) is 29.6 Å². The fraction of sp³-hybridized carbons (Fsp3) is 0.462. The molecule has 3 nitrogen and oxygen atoms in total. The molecule has 0 fully saturated rings. The van der Waals surface area contributed by atoms with Gasteiger partial charge < -0.3 is 10.7 Å². The van der Waals surface area contributed by atoms with Gasteiger partial charge in [-0.1, -0.05) is 13.0 Å². The van der Waals surface area contributed by atoms with Crippen molar-refractivity contribution in [3.8, 4) is 0 Å². The third kappa shape index (κ3) is 2.42. The Morgan fingerprint density at radius 2 is 2.25 bits per heavy atom. The number of rotatable bonds is 4. The highest BCUT2D eigenvalue weighted by Crippen LogP contribution is 2.16. The Kier molecular flexibility index (Phi) is 3.25. The summed E-state index contributed by atoms with van der Waals surface area (Å²) in [5, 5.41) is 0. The molecule has 0 radical (unpaired) electrons. The summed E-state index contributed by atoms with van der Waals surface area (Å²) in [4.78, 5) is 7.65.